The first kappa shape index (κ1) is 18.8. The number of aromatic nitrogens is 4. The van der Waals surface area contributed by atoms with E-state index < -0.39 is 0 Å². The van der Waals surface area contributed by atoms with Crippen LogP contribution in [0.4, 0.5) is 0 Å². The van der Waals surface area contributed by atoms with Crippen molar-refractivity contribution in [2.45, 2.75) is 6.61 Å². The minimum Gasteiger partial charge on any atom is -0.378 e. The molecule has 5 rings (SSSR count). The number of ether oxygens (including phenoxy) is 1. The normalized spacial score (nSPS) is 15.3. The highest BCUT2D eigenvalue weighted by molar-refractivity contribution is 5.86. The molecule has 8 heteroatoms. The van der Waals surface area contributed by atoms with Gasteiger partial charge in [0.2, 0.25) is 0 Å². The molecule has 1 aliphatic rings. The molecule has 0 spiro atoms. The molecule has 1 saturated heterocycles. The third-order valence-corrected chi connectivity index (χ3v) is 5.69. The highest BCUT2D eigenvalue weighted by Crippen LogP contribution is 2.29. The first-order chi connectivity index (χ1) is 14.7. The van der Waals surface area contributed by atoms with Gasteiger partial charge in [0, 0.05) is 45.7 Å². The van der Waals surface area contributed by atoms with Gasteiger partial charge in [-0.3, -0.25) is 4.79 Å². The van der Waals surface area contributed by atoms with Gasteiger partial charge in [-0.05, 0) is 18.7 Å². The second-order valence-electron chi connectivity index (χ2n) is 7.64. The Kier molecular flexibility index (Phi) is 4.72. The van der Waals surface area contributed by atoms with Gasteiger partial charge in [0.15, 0.2) is 5.65 Å². The van der Waals surface area contributed by atoms with Gasteiger partial charge >= 0.3 is 0 Å². The van der Waals surface area contributed by atoms with Crippen molar-refractivity contribution in [3.63, 3.8) is 0 Å². The van der Waals surface area contributed by atoms with Crippen LogP contribution >= 0.6 is 0 Å². The fourth-order valence-electron chi connectivity index (χ4n) is 4.08. The lowest BCUT2D eigenvalue weighted by molar-refractivity contribution is 0.181. The van der Waals surface area contributed by atoms with Crippen molar-refractivity contribution < 1.29 is 4.74 Å². The summed E-state index contributed by atoms with van der Waals surface area (Å²) in [7, 11) is 3.75. The zero-order valence-electron chi connectivity index (χ0n) is 17.2. The topological polar surface area (TPSA) is 67.9 Å². The van der Waals surface area contributed by atoms with Crippen molar-refractivity contribution >= 4 is 16.6 Å². The van der Waals surface area contributed by atoms with Gasteiger partial charge in [0.05, 0.1) is 28.8 Å². The second-order valence-corrected chi connectivity index (χ2v) is 7.64. The first-order valence-electron chi connectivity index (χ1n) is 10.1. The summed E-state index contributed by atoms with van der Waals surface area (Å²) in [5.41, 5.74) is 4.15. The van der Waals surface area contributed by atoms with Gasteiger partial charge in [0.1, 0.15) is 0 Å². The number of rotatable bonds is 4. The van der Waals surface area contributed by atoms with Crippen molar-refractivity contribution in [1.29, 1.82) is 0 Å². The maximum Gasteiger partial charge on any atom is 0.280 e. The Morgan fingerprint density at radius 3 is 2.57 bits per heavy atom. The largest absolute Gasteiger partial charge is 0.378 e. The zero-order chi connectivity index (χ0) is 20.7. The van der Waals surface area contributed by atoms with Crippen molar-refractivity contribution in [1.82, 2.24) is 24.2 Å². The number of methoxy groups -OCH3 is 1. The summed E-state index contributed by atoms with van der Waals surface area (Å²) in [6.45, 7) is 3.86. The Bertz CT molecular complexity index is 1260. The highest BCUT2D eigenvalue weighted by atomic mass is 16.5. The molecule has 4 heterocycles. The van der Waals surface area contributed by atoms with Gasteiger partial charge in [-0.15, -0.1) is 0 Å². The van der Waals surface area contributed by atoms with Crippen molar-refractivity contribution in [3.8, 4) is 11.1 Å². The molecule has 4 aromatic rings. The molecule has 1 aliphatic heterocycles. The molecular weight excluding hydrogens is 380 g/mol. The molecule has 0 unspecified atom stereocenters. The molecule has 8 nitrogen and oxygen atoms in total. The van der Waals surface area contributed by atoms with Gasteiger partial charge in [-0.1, -0.05) is 30.3 Å². The van der Waals surface area contributed by atoms with Crippen LogP contribution in [0.1, 0.15) is 5.69 Å². The lowest BCUT2D eigenvalue weighted by Crippen LogP contribution is -2.52. The number of fused-ring (bicyclic) bond motifs is 3. The van der Waals surface area contributed by atoms with Gasteiger partial charge < -0.3 is 14.6 Å². The fourth-order valence-corrected chi connectivity index (χ4v) is 4.08. The second kappa shape index (κ2) is 7.55. The number of benzene rings is 1. The van der Waals surface area contributed by atoms with E-state index in [4.69, 9.17) is 9.84 Å². The Morgan fingerprint density at radius 1 is 1.07 bits per heavy atom. The van der Waals surface area contributed by atoms with E-state index in [0.717, 1.165) is 54.2 Å². The van der Waals surface area contributed by atoms with E-state index in [9.17, 15) is 4.79 Å². The molecule has 0 bridgehead atoms. The molecule has 0 aliphatic carbocycles. The molecular formula is C22H24N6O2. The van der Waals surface area contributed by atoms with Gasteiger partial charge in [0.25, 0.3) is 5.56 Å². The van der Waals surface area contributed by atoms with Crippen molar-refractivity contribution in [3.05, 3.63) is 64.8 Å². The average Bonchev–Trinajstić information content (AvgIpc) is 3.14. The van der Waals surface area contributed by atoms with Gasteiger partial charge in [-0.25, -0.2) is 14.2 Å². The van der Waals surface area contributed by atoms with Crippen molar-refractivity contribution in [2.75, 3.05) is 45.3 Å². The molecule has 1 fully saturated rings. The molecule has 0 atom stereocenters. The third kappa shape index (κ3) is 3.05. The summed E-state index contributed by atoms with van der Waals surface area (Å²) >= 11 is 0. The average molecular weight is 404 g/mol. The SMILES string of the molecule is COCc1nn2c(ncc3c(=O)n(N4CCN(C)CC4)ccc32)c1-c1ccccc1. The maximum absolute atomic E-state index is 13.2. The number of pyridine rings is 1. The Balaban J connectivity index is 1.69. The van der Waals surface area contributed by atoms with E-state index in [1.807, 2.05) is 42.6 Å². The van der Waals surface area contributed by atoms with Crippen LogP contribution < -0.4 is 10.6 Å². The summed E-state index contributed by atoms with van der Waals surface area (Å²) in [6, 6.07) is 12.0. The van der Waals surface area contributed by atoms with E-state index in [-0.39, 0.29) is 5.56 Å². The van der Waals surface area contributed by atoms with E-state index >= 15 is 0 Å². The molecule has 0 saturated carbocycles. The lowest BCUT2D eigenvalue weighted by atomic mass is 10.1. The summed E-state index contributed by atoms with van der Waals surface area (Å²) < 4.78 is 8.86. The van der Waals surface area contributed by atoms with Crippen LogP contribution in [-0.4, -0.2) is 64.5 Å². The van der Waals surface area contributed by atoms with E-state index in [1.54, 1.807) is 22.5 Å². The van der Waals surface area contributed by atoms with Crippen LogP contribution in [0.5, 0.6) is 0 Å². The van der Waals surface area contributed by atoms with Crippen LogP contribution in [0.25, 0.3) is 27.7 Å². The van der Waals surface area contributed by atoms with Crippen molar-refractivity contribution in [2.24, 2.45) is 0 Å². The molecule has 0 N–H and O–H groups in total. The summed E-state index contributed by atoms with van der Waals surface area (Å²) in [5, 5.41) is 7.40. The number of hydrogen-bond donors (Lipinski definition) is 0. The molecule has 30 heavy (non-hydrogen) atoms. The number of piperazine rings is 1. The van der Waals surface area contributed by atoms with Crippen LogP contribution in [0.3, 0.4) is 0 Å². The summed E-state index contributed by atoms with van der Waals surface area (Å²) in [6.07, 6.45) is 3.51. The van der Waals surface area contributed by atoms with Crippen LogP contribution in [0, 0.1) is 0 Å². The maximum atomic E-state index is 13.2. The molecule has 3 aromatic heterocycles. The van der Waals surface area contributed by atoms with Crippen LogP contribution in [-0.2, 0) is 11.3 Å². The van der Waals surface area contributed by atoms with Crippen LogP contribution in [0.2, 0.25) is 0 Å². The standard InChI is InChI=1S/C22H24N6O2/c1-25-10-12-26(13-11-25)27-9-8-19-17(22(27)29)14-23-21-20(16-6-4-3-5-7-16)18(15-30-2)24-28(19)21/h3-9,14H,10-13,15H2,1-2H3. The smallest absolute Gasteiger partial charge is 0.280 e. The number of likely N-dealkylation sites (N-methyl/N-ethyl adjacent to an activating group) is 1. The van der Waals surface area contributed by atoms with Gasteiger partial charge in [-0.2, -0.15) is 5.10 Å². The highest BCUT2D eigenvalue weighted by Gasteiger charge is 2.20. The molecule has 0 radical (unpaired) electrons. The lowest BCUT2D eigenvalue weighted by Gasteiger charge is -2.34. The minimum absolute atomic E-state index is 0.0727. The molecule has 154 valence electrons. The Labute approximate surface area is 173 Å². The van der Waals surface area contributed by atoms with E-state index in [2.05, 4.69) is 21.9 Å². The predicted octanol–water partition coefficient (Wildman–Crippen LogP) is 1.74. The quantitative estimate of drug-likeness (QED) is 0.516. The van der Waals surface area contributed by atoms with Crippen LogP contribution in [0.15, 0.2) is 53.6 Å². The minimum atomic E-state index is -0.0727. The predicted molar refractivity (Wildman–Crippen MR) is 116 cm³/mol. The Hall–Kier alpha value is -3.23. The first-order valence-corrected chi connectivity index (χ1v) is 10.1. The summed E-state index contributed by atoms with van der Waals surface area (Å²) in [4.78, 5) is 20.2. The third-order valence-electron chi connectivity index (χ3n) is 5.69. The Morgan fingerprint density at radius 2 is 1.83 bits per heavy atom. The number of hydrogen-bond acceptors (Lipinski definition) is 6. The zero-order valence-corrected chi connectivity index (χ0v) is 17.2. The summed E-state index contributed by atoms with van der Waals surface area (Å²) in [5.74, 6) is 0. The fraction of sp³-hybridized carbons (Fsp3) is 0.318. The molecule has 0 amide bonds. The molecule has 1 aromatic carbocycles. The van der Waals surface area contributed by atoms with E-state index in [1.165, 1.54) is 0 Å². The number of nitrogens with zero attached hydrogens (tertiary/aromatic N) is 6. The van der Waals surface area contributed by atoms with E-state index in [0.29, 0.717) is 12.0 Å². The monoisotopic (exact) mass is 404 g/mol.